The van der Waals surface area contributed by atoms with Crippen molar-refractivity contribution in [3.05, 3.63) is 57.0 Å². The van der Waals surface area contributed by atoms with Crippen LogP contribution in [0, 0.1) is 18.2 Å². The Morgan fingerprint density at radius 1 is 1.13 bits per heavy atom. The second-order valence-electron chi connectivity index (χ2n) is 12.9. The van der Waals surface area contributed by atoms with E-state index in [1.807, 2.05) is 0 Å². The van der Waals surface area contributed by atoms with E-state index in [9.17, 15) is 28.7 Å². The number of carbonyl (C=O) groups is 3. The highest BCUT2D eigenvalue weighted by atomic mass is 19.1. The number of carbonyl (C=O) groups excluding carboxylic acids is 3. The van der Waals surface area contributed by atoms with Crippen LogP contribution in [0.4, 0.5) is 4.39 Å². The quantitative estimate of drug-likeness (QED) is 0.382. The zero-order valence-electron chi connectivity index (χ0n) is 27.3. The van der Waals surface area contributed by atoms with E-state index < -0.39 is 45.7 Å². The third-order valence-electron chi connectivity index (χ3n) is 9.47. The van der Waals surface area contributed by atoms with Gasteiger partial charge in [-0.15, -0.1) is 0 Å². The number of rotatable bonds is 10. The molecule has 2 N–H and O–H groups in total. The van der Waals surface area contributed by atoms with Crippen molar-refractivity contribution < 1.29 is 28.6 Å². The monoisotopic (exact) mass is 628 g/mol. The van der Waals surface area contributed by atoms with Gasteiger partial charge in [-0.3, -0.25) is 28.6 Å². The van der Waals surface area contributed by atoms with Crippen molar-refractivity contribution in [1.82, 2.24) is 29.6 Å². The zero-order valence-corrected chi connectivity index (χ0v) is 27.3. The van der Waals surface area contributed by atoms with Gasteiger partial charge in [-0.25, -0.2) is 9.37 Å². The van der Waals surface area contributed by atoms with Crippen molar-refractivity contribution in [2.45, 2.75) is 71.1 Å². The molecule has 2 aliphatic heterocycles. The molecule has 0 unspecified atom stereocenters. The number of fused-ring (bicyclic) bond motifs is 2. The molecule has 45 heavy (non-hydrogen) atoms. The lowest BCUT2D eigenvalue weighted by molar-refractivity contribution is -0.155. The van der Waals surface area contributed by atoms with Crippen LogP contribution < -0.4 is 10.9 Å². The number of aromatic nitrogens is 2. The van der Waals surface area contributed by atoms with E-state index in [4.69, 9.17) is 4.74 Å². The molecular weight excluding hydrogens is 583 g/mol. The molecule has 1 aromatic heterocycles. The minimum atomic E-state index is -1.17. The Balaban J connectivity index is 1.79. The van der Waals surface area contributed by atoms with E-state index in [2.05, 4.69) is 29.0 Å². The highest BCUT2D eigenvalue weighted by Crippen LogP contribution is 2.52. The molecule has 0 atom stereocenters. The van der Waals surface area contributed by atoms with Gasteiger partial charge in [0.25, 0.3) is 11.5 Å². The van der Waals surface area contributed by atoms with Crippen molar-refractivity contribution in [1.29, 1.82) is 0 Å². The summed E-state index contributed by atoms with van der Waals surface area (Å²) in [5.41, 5.74) is -1.78. The van der Waals surface area contributed by atoms with Crippen LogP contribution in [0.25, 0.3) is 0 Å². The Labute approximate surface area is 263 Å². The molecule has 0 saturated heterocycles. The fourth-order valence-corrected chi connectivity index (χ4v) is 6.58. The predicted octanol–water partition coefficient (Wildman–Crippen LogP) is 2.00. The van der Waals surface area contributed by atoms with Crippen molar-refractivity contribution >= 4 is 17.7 Å². The van der Waals surface area contributed by atoms with E-state index >= 15 is 0 Å². The first-order valence-corrected chi connectivity index (χ1v) is 15.3. The number of aryl methyl sites for hydroxylation is 1. The molecule has 1 fully saturated rings. The maximum absolute atomic E-state index is 13.9. The Morgan fingerprint density at radius 2 is 1.80 bits per heavy atom. The molecule has 3 amide bonds. The Hall–Kier alpha value is -3.84. The van der Waals surface area contributed by atoms with E-state index in [0.29, 0.717) is 56.5 Å². The number of halogens is 1. The lowest BCUT2D eigenvalue weighted by Crippen LogP contribution is -2.55. The predicted molar refractivity (Wildman–Crippen MR) is 165 cm³/mol. The number of aromatic hydroxyl groups is 1. The summed E-state index contributed by atoms with van der Waals surface area (Å²) in [4.78, 5) is 63.1. The van der Waals surface area contributed by atoms with Gasteiger partial charge in [0.15, 0.2) is 5.69 Å². The number of methoxy groups -OCH3 is 1. The molecule has 246 valence electrons. The number of likely N-dealkylation sites (N-methyl/N-ethyl adjacent to an activating group) is 2. The molecule has 3 aliphatic rings. The normalized spacial score (nSPS) is 20.6. The summed E-state index contributed by atoms with van der Waals surface area (Å²) in [6.45, 7) is 7.91. The van der Waals surface area contributed by atoms with Crippen LogP contribution in [0.1, 0.15) is 67.0 Å². The van der Waals surface area contributed by atoms with Crippen LogP contribution in [0.3, 0.4) is 0 Å². The highest BCUT2D eigenvalue weighted by Gasteiger charge is 2.55. The van der Waals surface area contributed by atoms with Crippen molar-refractivity contribution in [2.75, 3.05) is 47.9 Å². The van der Waals surface area contributed by atoms with E-state index in [-0.39, 0.29) is 30.8 Å². The standard InChI is InChI=1S/C32H45FN6O6/c1-20(2)38(14-15-45-7)18-31-10-12-32(13-11-31,37(6)29(44)28(43)36(4)5)30-35-24(25(40)27(42)39(30)19-31)26(41)34-17-22-8-9-23(33)21(3)16-22/h8-9,16,20,40H,10-15,17-19H2,1-7H3,(H,34,41). The molecule has 2 aromatic rings. The molecule has 3 heterocycles. The van der Waals surface area contributed by atoms with Gasteiger partial charge in [-0.1, -0.05) is 12.1 Å². The fraction of sp³-hybridized carbons (Fsp3) is 0.594. The van der Waals surface area contributed by atoms with Gasteiger partial charge in [0.1, 0.15) is 17.2 Å². The van der Waals surface area contributed by atoms with Crippen LogP contribution in [0.2, 0.25) is 0 Å². The van der Waals surface area contributed by atoms with Gasteiger partial charge >= 0.3 is 11.8 Å². The van der Waals surface area contributed by atoms with E-state index in [1.165, 1.54) is 47.6 Å². The van der Waals surface area contributed by atoms with Gasteiger partial charge < -0.3 is 25.0 Å². The summed E-state index contributed by atoms with van der Waals surface area (Å²) in [5.74, 6) is -3.27. The second kappa shape index (κ2) is 13.3. The first-order valence-electron chi connectivity index (χ1n) is 15.3. The molecule has 12 nitrogen and oxygen atoms in total. The summed E-state index contributed by atoms with van der Waals surface area (Å²) < 4.78 is 20.5. The van der Waals surface area contributed by atoms with Gasteiger partial charge in [-0.05, 0) is 63.6 Å². The molecule has 1 aromatic carbocycles. The van der Waals surface area contributed by atoms with Crippen molar-refractivity contribution in [2.24, 2.45) is 5.41 Å². The van der Waals surface area contributed by atoms with Gasteiger partial charge in [0, 0.05) is 65.9 Å². The third-order valence-corrected chi connectivity index (χ3v) is 9.47. The number of nitrogens with zero attached hydrogens (tertiary/aromatic N) is 5. The van der Waals surface area contributed by atoms with Crippen LogP contribution in [-0.2, 0) is 33.0 Å². The van der Waals surface area contributed by atoms with Crippen molar-refractivity contribution in [3.63, 3.8) is 0 Å². The third kappa shape index (κ3) is 6.60. The number of hydrogen-bond acceptors (Lipinski definition) is 8. The second-order valence-corrected chi connectivity index (χ2v) is 12.9. The van der Waals surface area contributed by atoms with E-state index in [1.54, 1.807) is 20.1 Å². The van der Waals surface area contributed by atoms with Crippen LogP contribution in [0.15, 0.2) is 23.0 Å². The zero-order chi connectivity index (χ0) is 33.3. The van der Waals surface area contributed by atoms with E-state index in [0.717, 1.165) is 0 Å². The SMILES string of the molecule is COCCN(CC12CCC(N(C)C(=O)C(=O)N(C)C)(CC1)c1nc(C(=O)NCc3ccc(F)c(C)c3)c(O)c(=O)n1C2)C(C)C. The summed E-state index contributed by atoms with van der Waals surface area (Å²) >= 11 is 0. The Bertz CT molecular complexity index is 1510. The smallest absolute Gasteiger partial charge is 0.312 e. The van der Waals surface area contributed by atoms with Crippen LogP contribution in [0.5, 0.6) is 5.75 Å². The number of hydrogen-bond donors (Lipinski definition) is 2. The largest absolute Gasteiger partial charge is 0.501 e. The summed E-state index contributed by atoms with van der Waals surface area (Å²) in [6.07, 6.45) is 2.04. The minimum Gasteiger partial charge on any atom is -0.501 e. The number of nitrogens with one attached hydrogen (secondary N) is 1. The Kier molecular flexibility index (Phi) is 10.0. The molecule has 2 bridgehead atoms. The highest BCUT2D eigenvalue weighted by molar-refractivity contribution is 6.34. The molecule has 0 radical (unpaired) electrons. The minimum absolute atomic E-state index is 0.00990. The van der Waals surface area contributed by atoms with Gasteiger partial charge in [-0.2, -0.15) is 0 Å². The lowest BCUT2D eigenvalue weighted by atomic mass is 9.67. The number of amides is 3. The molecule has 1 aliphatic carbocycles. The fourth-order valence-electron chi connectivity index (χ4n) is 6.58. The summed E-state index contributed by atoms with van der Waals surface area (Å²) in [5, 5.41) is 13.7. The van der Waals surface area contributed by atoms with Crippen LogP contribution in [-0.4, -0.2) is 101 Å². The molecule has 5 rings (SSSR count). The summed E-state index contributed by atoms with van der Waals surface area (Å²) in [6, 6.07) is 4.63. The molecule has 0 spiro atoms. The Morgan fingerprint density at radius 3 is 2.38 bits per heavy atom. The van der Waals surface area contributed by atoms with Gasteiger partial charge in [0.2, 0.25) is 5.75 Å². The summed E-state index contributed by atoms with van der Waals surface area (Å²) in [7, 11) is 6.16. The first kappa shape index (κ1) is 34.0. The molecule has 13 heteroatoms. The topological polar surface area (TPSA) is 137 Å². The van der Waals surface area contributed by atoms with Gasteiger partial charge in [0.05, 0.1) is 6.61 Å². The maximum Gasteiger partial charge on any atom is 0.312 e. The average Bonchev–Trinajstić information content (AvgIpc) is 3.24. The lowest BCUT2D eigenvalue weighted by Gasteiger charge is -2.48. The van der Waals surface area contributed by atoms with Crippen LogP contribution >= 0.6 is 0 Å². The number of ether oxygens (including phenoxy) is 1. The molecule has 1 saturated carbocycles. The maximum atomic E-state index is 13.9. The molecular formula is C32H45FN6O6. The first-order chi connectivity index (χ1) is 21.2. The number of benzene rings is 1. The average molecular weight is 629 g/mol. The van der Waals surface area contributed by atoms with Crippen molar-refractivity contribution in [3.8, 4) is 5.75 Å².